The van der Waals surface area contributed by atoms with Crippen LogP contribution in [0.1, 0.15) is 20.3 Å². The quantitative estimate of drug-likeness (QED) is 0.453. The molecule has 0 aromatic heterocycles. The summed E-state index contributed by atoms with van der Waals surface area (Å²) >= 11 is 0. The number of carbonyl (C=O) groups is 1. The predicted molar refractivity (Wildman–Crippen MR) is 50.8 cm³/mol. The lowest BCUT2D eigenvalue weighted by molar-refractivity contribution is -0.111. The molecule has 0 radical (unpaired) electrons. The molecule has 12 heavy (non-hydrogen) atoms. The summed E-state index contributed by atoms with van der Waals surface area (Å²) in [5.74, 6) is 0.373. The van der Waals surface area contributed by atoms with Crippen LogP contribution in [0, 0.1) is 17.3 Å². The highest BCUT2D eigenvalue weighted by molar-refractivity contribution is 5.58. The Morgan fingerprint density at radius 3 is 2.75 bits per heavy atom. The van der Waals surface area contributed by atoms with E-state index in [9.17, 15) is 4.79 Å². The predicted octanol–water partition coefficient (Wildman–Crippen LogP) is 2.59. The lowest BCUT2D eigenvalue weighted by Gasteiger charge is -2.32. The fraction of sp³-hybridized carbons (Fsp3) is 0.545. The van der Waals surface area contributed by atoms with Gasteiger partial charge >= 0.3 is 0 Å². The van der Waals surface area contributed by atoms with Crippen molar-refractivity contribution in [3.63, 3.8) is 0 Å². The van der Waals surface area contributed by atoms with Crippen molar-refractivity contribution in [2.24, 2.45) is 17.3 Å². The summed E-state index contributed by atoms with van der Waals surface area (Å²) in [5.41, 5.74) is 0.221. The molecular weight excluding hydrogens is 148 g/mol. The molecule has 1 aliphatic rings. The second kappa shape index (κ2) is 3.26. The Hall–Kier alpha value is -0.850. The second-order valence-corrected chi connectivity index (χ2v) is 4.16. The normalized spacial score (nSPS) is 32.8. The lowest BCUT2D eigenvalue weighted by atomic mass is 9.72. The second-order valence-electron chi connectivity index (χ2n) is 4.16. The van der Waals surface area contributed by atoms with E-state index >= 15 is 0 Å². The minimum Gasteiger partial charge on any atom is -0.303 e. The Bertz CT molecular complexity index is 213. The van der Waals surface area contributed by atoms with E-state index in [0.717, 1.165) is 12.7 Å². The zero-order valence-electron chi connectivity index (χ0n) is 7.79. The molecule has 1 aliphatic carbocycles. The van der Waals surface area contributed by atoms with Crippen molar-refractivity contribution in [2.45, 2.75) is 20.3 Å². The fourth-order valence-electron chi connectivity index (χ4n) is 1.71. The third-order valence-electron chi connectivity index (χ3n) is 2.49. The van der Waals surface area contributed by atoms with Crippen molar-refractivity contribution in [1.82, 2.24) is 0 Å². The number of hydrogen-bond donors (Lipinski definition) is 0. The zero-order valence-corrected chi connectivity index (χ0v) is 7.79. The molecule has 1 rings (SSSR count). The maximum atomic E-state index is 10.6. The summed E-state index contributed by atoms with van der Waals surface area (Å²) in [6.07, 6.45) is 8.06. The molecule has 0 spiro atoms. The molecule has 0 aliphatic heterocycles. The molecule has 1 nitrogen and oxygen atoms in total. The van der Waals surface area contributed by atoms with E-state index in [1.54, 1.807) is 0 Å². The van der Waals surface area contributed by atoms with Crippen molar-refractivity contribution < 1.29 is 4.79 Å². The molecule has 2 unspecified atom stereocenters. The highest BCUT2D eigenvalue weighted by atomic mass is 16.1. The van der Waals surface area contributed by atoms with Gasteiger partial charge in [0.1, 0.15) is 6.29 Å². The van der Waals surface area contributed by atoms with Crippen LogP contribution in [0.5, 0.6) is 0 Å². The van der Waals surface area contributed by atoms with Gasteiger partial charge in [-0.25, -0.2) is 0 Å². The van der Waals surface area contributed by atoms with Crippen molar-refractivity contribution in [2.75, 3.05) is 0 Å². The minimum absolute atomic E-state index is 0.0514. The summed E-state index contributed by atoms with van der Waals surface area (Å²) in [6.45, 7) is 8.12. The van der Waals surface area contributed by atoms with Crippen molar-refractivity contribution in [1.29, 1.82) is 0 Å². The number of carbonyl (C=O) groups excluding carboxylic acids is 1. The molecule has 0 N–H and O–H groups in total. The summed E-state index contributed by atoms with van der Waals surface area (Å²) in [7, 11) is 0. The Kier molecular flexibility index (Phi) is 2.51. The van der Waals surface area contributed by atoms with E-state index in [4.69, 9.17) is 0 Å². The van der Waals surface area contributed by atoms with E-state index in [1.807, 2.05) is 12.2 Å². The summed E-state index contributed by atoms with van der Waals surface area (Å²) < 4.78 is 0. The van der Waals surface area contributed by atoms with Crippen LogP contribution in [0.3, 0.4) is 0 Å². The van der Waals surface area contributed by atoms with Crippen molar-refractivity contribution in [3.05, 3.63) is 24.8 Å². The number of aldehydes is 1. The van der Waals surface area contributed by atoms with Crippen LogP contribution in [-0.4, -0.2) is 6.29 Å². The Labute approximate surface area is 74.2 Å². The van der Waals surface area contributed by atoms with Gasteiger partial charge in [-0.15, -0.1) is 6.58 Å². The molecule has 0 aromatic carbocycles. The first kappa shape index (κ1) is 9.24. The maximum Gasteiger partial charge on any atom is 0.127 e. The molecule has 66 valence electrons. The van der Waals surface area contributed by atoms with Gasteiger partial charge in [-0.3, -0.25) is 0 Å². The van der Waals surface area contributed by atoms with Crippen LogP contribution in [0.25, 0.3) is 0 Å². The summed E-state index contributed by atoms with van der Waals surface area (Å²) in [6, 6.07) is 0. The van der Waals surface area contributed by atoms with Crippen molar-refractivity contribution in [3.8, 4) is 0 Å². The topological polar surface area (TPSA) is 17.1 Å². The highest BCUT2D eigenvalue weighted by Crippen LogP contribution is 2.36. The van der Waals surface area contributed by atoms with Gasteiger partial charge in [-0.1, -0.05) is 32.1 Å². The molecular formula is C11H16O. The molecule has 0 saturated carbocycles. The monoisotopic (exact) mass is 164 g/mol. The standard InChI is InChI=1S/C11H16O/c1-4-9-7-11(2,3)6-5-10(9)8-12/h4-6,8-10H,1,7H2,2-3H3. The van der Waals surface area contributed by atoms with Crippen LogP contribution < -0.4 is 0 Å². The average Bonchev–Trinajstić information content (AvgIpc) is 2.03. The van der Waals surface area contributed by atoms with Gasteiger partial charge < -0.3 is 4.79 Å². The van der Waals surface area contributed by atoms with Crippen LogP contribution in [-0.2, 0) is 4.79 Å². The van der Waals surface area contributed by atoms with Crippen LogP contribution in [0.4, 0.5) is 0 Å². The molecule has 1 heteroatoms. The maximum absolute atomic E-state index is 10.6. The Morgan fingerprint density at radius 1 is 1.58 bits per heavy atom. The van der Waals surface area contributed by atoms with Crippen LogP contribution in [0.2, 0.25) is 0 Å². The van der Waals surface area contributed by atoms with Gasteiger partial charge in [-0.2, -0.15) is 0 Å². The van der Waals surface area contributed by atoms with Gasteiger partial charge in [-0.05, 0) is 17.8 Å². The van der Waals surface area contributed by atoms with E-state index < -0.39 is 0 Å². The van der Waals surface area contributed by atoms with Crippen LogP contribution >= 0.6 is 0 Å². The van der Waals surface area contributed by atoms with E-state index in [2.05, 4.69) is 26.5 Å². The Morgan fingerprint density at radius 2 is 2.25 bits per heavy atom. The minimum atomic E-state index is 0.0514. The summed E-state index contributed by atoms with van der Waals surface area (Å²) in [5, 5.41) is 0. The first-order valence-corrected chi connectivity index (χ1v) is 4.36. The molecule has 0 amide bonds. The highest BCUT2D eigenvalue weighted by Gasteiger charge is 2.28. The molecule has 0 fully saturated rings. The third-order valence-corrected chi connectivity index (χ3v) is 2.49. The van der Waals surface area contributed by atoms with Gasteiger partial charge in [0, 0.05) is 5.92 Å². The van der Waals surface area contributed by atoms with Gasteiger partial charge in [0.15, 0.2) is 0 Å². The smallest absolute Gasteiger partial charge is 0.127 e. The first-order chi connectivity index (χ1) is 5.59. The first-order valence-electron chi connectivity index (χ1n) is 4.36. The third kappa shape index (κ3) is 1.84. The van der Waals surface area contributed by atoms with E-state index in [0.29, 0.717) is 5.92 Å². The lowest BCUT2D eigenvalue weighted by Crippen LogP contribution is -2.24. The average molecular weight is 164 g/mol. The molecule has 0 heterocycles. The van der Waals surface area contributed by atoms with Gasteiger partial charge in [0.05, 0.1) is 0 Å². The zero-order chi connectivity index (χ0) is 9.19. The molecule has 0 bridgehead atoms. The summed E-state index contributed by atoms with van der Waals surface area (Å²) in [4.78, 5) is 10.6. The van der Waals surface area contributed by atoms with Gasteiger partial charge in [0.25, 0.3) is 0 Å². The Balaban J connectivity index is 2.82. The van der Waals surface area contributed by atoms with Crippen molar-refractivity contribution >= 4 is 6.29 Å². The molecule has 0 aromatic rings. The SMILES string of the molecule is C=CC1CC(C)(C)C=CC1C=O. The largest absolute Gasteiger partial charge is 0.303 e. The van der Waals surface area contributed by atoms with Crippen LogP contribution in [0.15, 0.2) is 24.8 Å². The number of rotatable bonds is 2. The number of allylic oxidation sites excluding steroid dienone is 3. The van der Waals surface area contributed by atoms with E-state index in [-0.39, 0.29) is 11.3 Å². The van der Waals surface area contributed by atoms with E-state index in [1.165, 1.54) is 0 Å². The molecule has 0 saturated heterocycles. The molecule has 2 atom stereocenters. The number of hydrogen-bond acceptors (Lipinski definition) is 1. The fourth-order valence-corrected chi connectivity index (χ4v) is 1.71. The van der Waals surface area contributed by atoms with Gasteiger partial charge in [0.2, 0.25) is 0 Å².